The quantitative estimate of drug-likeness (QED) is 0.417. The SMILES string of the molecule is C=CCn1c(=NC(=O)CCS(=O)(=O)Cc2ccccc2)sc2cc(CCCC)ccc21. The summed E-state index contributed by atoms with van der Waals surface area (Å²) >= 11 is 1.45. The second kappa shape index (κ2) is 10.7. The Morgan fingerprint density at radius 3 is 2.65 bits per heavy atom. The molecule has 1 heterocycles. The van der Waals surface area contributed by atoms with Crippen LogP contribution in [0.15, 0.2) is 66.2 Å². The number of unbranched alkanes of at least 4 members (excludes halogenated alkanes) is 1. The third kappa shape index (κ3) is 6.48. The predicted octanol–water partition coefficient (Wildman–Crippen LogP) is 4.66. The lowest BCUT2D eigenvalue weighted by molar-refractivity contribution is -0.117. The van der Waals surface area contributed by atoms with E-state index >= 15 is 0 Å². The van der Waals surface area contributed by atoms with E-state index in [0.29, 0.717) is 11.3 Å². The fourth-order valence-electron chi connectivity index (χ4n) is 3.35. The summed E-state index contributed by atoms with van der Waals surface area (Å²) in [6.45, 7) is 6.51. The second-order valence-corrected chi connectivity index (χ2v) is 10.7. The van der Waals surface area contributed by atoms with E-state index in [1.165, 1.54) is 16.9 Å². The number of thiazole rings is 1. The molecule has 2 aromatic carbocycles. The summed E-state index contributed by atoms with van der Waals surface area (Å²) in [5, 5.41) is 0. The van der Waals surface area contributed by atoms with Crippen molar-refractivity contribution >= 4 is 37.3 Å². The smallest absolute Gasteiger partial charge is 0.249 e. The lowest BCUT2D eigenvalue weighted by Gasteiger charge is -2.04. The van der Waals surface area contributed by atoms with Gasteiger partial charge in [0.1, 0.15) is 0 Å². The third-order valence-corrected chi connectivity index (χ3v) is 7.59. The molecule has 0 saturated carbocycles. The minimum absolute atomic E-state index is 0.0684. The van der Waals surface area contributed by atoms with Crippen LogP contribution >= 0.6 is 11.3 Å². The molecule has 0 fully saturated rings. The number of rotatable bonds is 10. The Hall–Kier alpha value is -2.51. The molecule has 5 nitrogen and oxygen atoms in total. The molecule has 164 valence electrons. The molecular weight excluding hydrogens is 428 g/mol. The number of amides is 1. The molecule has 0 spiro atoms. The number of benzene rings is 2. The Labute approximate surface area is 187 Å². The number of carbonyl (C=O) groups excluding carboxylic acids is 1. The largest absolute Gasteiger partial charge is 0.313 e. The van der Waals surface area contributed by atoms with Crippen molar-refractivity contribution in [1.82, 2.24) is 4.57 Å². The van der Waals surface area contributed by atoms with Crippen LogP contribution in [0.4, 0.5) is 0 Å². The zero-order valence-electron chi connectivity index (χ0n) is 17.8. The highest BCUT2D eigenvalue weighted by Gasteiger charge is 2.15. The summed E-state index contributed by atoms with van der Waals surface area (Å²) in [5.41, 5.74) is 3.00. The normalized spacial score (nSPS) is 12.4. The lowest BCUT2D eigenvalue weighted by atomic mass is 10.1. The van der Waals surface area contributed by atoms with Crippen LogP contribution in [0.25, 0.3) is 10.2 Å². The number of sulfone groups is 1. The first kappa shape index (κ1) is 23.2. The lowest BCUT2D eigenvalue weighted by Crippen LogP contribution is -2.18. The monoisotopic (exact) mass is 456 g/mol. The summed E-state index contributed by atoms with van der Waals surface area (Å²) in [7, 11) is -3.38. The van der Waals surface area contributed by atoms with Crippen molar-refractivity contribution in [2.45, 2.75) is 44.9 Å². The van der Waals surface area contributed by atoms with Crippen LogP contribution in [-0.4, -0.2) is 24.6 Å². The maximum absolute atomic E-state index is 12.5. The number of aryl methyl sites for hydroxylation is 1. The van der Waals surface area contributed by atoms with Gasteiger partial charge in [0.2, 0.25) is 5.91 Å². The molecule has 7 heteroatoms. The van der Waals surface area contributed by atoms with Crippen LogP contribution in [0.2, 0.25) is 0 Å². The molecular formula is C24H28N2O3S2. The van der Waals surface area contributed by atoms with Gasteiger partial charge >= 0.3 is 0 Å². The Balaban J connectivity index is 1.79. The number of allylic oxidation sites excluding steroid dienone is 1. The molecule has 0 atom stereocenters. The van der Waals surface area contributed by atoms with Gasteiger partial charge in [0.05, 0.1) is 21.7 Å². The molecule has 0 bridgehead atoms. The molecule has 0 unspecified atom stereocenters. The molecule has 1 amide bonds. The zero-order valence-corrected chi connectivity index (χ0v) is 19.4. The van der Waals surface area contributed by atoms with Gasteiger partial charge in [-0.3, -0.25) is 4.79 Å². The topological polar surface area (TPSA) is 68.5 Å². The van der Waals surface area contributed by atoms with Gasteiger partial charge in [-0.2, -0.15) is 4.99 Å². The highest BCUT2D eigenvalue weighted by atomic mass is 32.2. The van der Waals surface area contributed by atoms with Gasteiger partial charge in [-0.15, -0.1) is 6.58 Å². The number of hydrogen-bond acceptors (Lipinski definition) is 4. The Kier molecular flexibility index (Phi) is 7.98. The van der Waals surface area contributed by atoms with E-state index in [-0.39, 0.29) is 17.9 Å². The Morgan fingerprint density at radius 2 is 1.94 bits per heavy atom. The summed E-state index contributed by atoms with van der Waals surface area (Å²) in [6, 6.07) is 15.3. The van der Waals surface area contributed by atoms with Crippen molar-refractivity contribution < 1.29 is 13.2 Å². The van der Waals surface area contributed by atoms with Gasteiger partial charge < -0.3 is 4.57 Å². The first-order valence-electron chi connectivity index (χ1n) is 10.5. The van der Waals surface area contributed by atoms with Crippen molar-refractivity contribution in [3.63, 3.8) is 0 Å². The number of nitrogens with zero attached hydrogens (tertiary/aromatic N) is 2. The minimum atomic E-state index is -3.38. The Morgan fingerprint density at radius 1 is 1.16 bits per heavy atom. The maximum atomic E-state index is 12.5. The van der Waals surface area contributed by atoms with Crippen molar-refractivity contribution in [2.24, 2.45) is 4.99 Å². The van der Waals surface area contributed by atoms with E-state index in [4.69, 9.17) is 0 Å². The third-order valence-electron chi connectivity index (χ3n) is 4.95. The van der Waals surface area contributed by atoms with E-state index < -0.39 is 15.7 Å². The van der Waals surface area contributed by atoms with E-state index in [0.717, 1.165) is 35.0 Å². The highest BCUT2D eigenvalue weighted by molar-refractivity contribution is 7.90. The van der Waals surface area contributed by atoms with E-state index in [1.807, 2.05) is 10.6 Å². The van der Waals surface area contributed by atoms with Gasteiger partial charge in [-0.1, -0.05) is 67.2 Å². The average molecular weight is 457 g/mol. The molecule has 0 aliphatic heterocycles. The summed E-state index contributed by atoms with van der Waals surface area (Å²) < 4.78 is 27.8. The summed E-state index contributed by atoms with van der Waals surface area (Å²) in [4.78, 5) is 17.3. The molecule has 3 aromatic rings. The second-order valence-electron chi connectivity index (χ2n) is 7.52. The van der Waals surface area contributed by atoms with Gasteiger partial charge in [-0.25, -0.2) is 8.42 Å². The number of carbonyl (C=O) groups is 1. The molecule has 0 radical (unpaired) electrons. The number of fused-ring (bicyclic) bond motifs is 1. The molecule has 0 aliphatic carbocycles. The number of hydrogen-bond donors (Lipinski definition) is 0. The fourth-order valence-corrected chi connectivity index (χ4v) is 5.80. The minimum Gasteiger partial charge on any atom is -0.313 e. The molecule has 31 heavy (non-hydrogen) atoms. The fraction of sp³-hybridized carbons (Fsp3) is 0.333. The first-order chi connectivity index (χ1) is 14.9. The van der Waals surface area contributed by atoms with Gasteiger partial charge in [0.15, 0.2) is 14.6 Å². The van der Waals surface area contributed by atoms with Crippen LogP contribution in [0.1, 0.15) is 37.3 Å². The molecule has 0 aliphatic rings. The van der Waals surface area contributed by atoms with Crippen molar-refractivity contribution in [3.05, 3.63) is 77.1 Å². The van der Waals surface area contributed by atoms with E-state index in [2.05, 4.69) is 36.7 Å². The van der Waals surface area contributed by atoms with Crippen LogP contribution in [0.5, 0.6) is 0 Å². The molecule has 3 rings (SSSR count). The van der Waals surface area contributed by atoms with Crippen molar-refractivity contribution in [1.29, 1.82) is 0 Å². The summed E-state index contributed by atoms with van der Waals surface area (Å²) in [6.07, 6.45) is 4.94. The predicted molar refractivity (Wildman–Crippen MR) is 128 cm³/mol. The zero-order chi connectivity index (χ0) is 22.3. The summed E-state index contributed by atoms with van der Waals surface area (Å²) in [5.74, 6) is -0.703. The van der Waals surface area contributed by atoms with Crippen LogP contribution in [0.3, 0.4) is 0 Å². The van der Waals surface area contributed by atoms with Crippen LogP contribution in [0, 0.1) is 0 Å². The maximum Gasteiger partial charge on any atom is 0.249 e. The Bertz CT molecular complexity index is 1220. The molecule has 0 N–H and O–H groups in total. The van der Waals surface area contributed by atoms with Gasteiger partial charge in [0, 0.05) is 13.0 Å². The van der Waals surface area contributed by atoms with E-state index in [9.17, 15) is 13.2 Å². The average Bonchev–Trinajstić information content (AvgIpc) is 3.08. The highest BCUT2D eigenvalue weighted by Crippen LogP contribution is 2.20. The first-order valence-corrected chi connectivity index (χ1v) is 13.1. The van der Waals surface area contributed by atoms with Crippen LogP contribution in [-0.2, 0) is 33.4 Å². The standard InChI is InChI=1S/C24H28N2O3S2/c1-3-5-9-19-12-13-21-22(17-19)30-24(26(21)15-4-2)25-23(27)14-16-31(28,29)18-20-10-7-6-8-11-20/h4,6-8,10-13,17H,2-3,5,9,14-16,18H2,1H3. The number of aromatic nitrogens is 1. The van der Waals surface area contributed by atoms with E-state index in [1.54, 1.807) is 30.3 Å². The van der Waals surface area contributed by atoms with Crippen molar-refractivity contribution in [3.8, 4) is 0 Å². The van der Waals surface area contributed by atoms with Crippen LogP contribution < -0.4 is 4.80 Å². The van der Waals surface area contributed by atoms with Crippen molar-refractivity contribution in [2.75, 3.05) is 5.75 Å². The molecule has 0 saturated heterocycles. The van der Waals surface area contributed by atoms with Gasteiger partial charge in [-0.05, 0) is 36.1 Å². The van der Waals surface area contributed by atoms with Gasteiger partial charge in [0.25, 0.3) is 0 Å². The molecule has 1 aromatic heterocycles.